The number of benzene rings is 2. The van der Waals surface area contributed by atoms with E-state index >= 15 is 0 Å². The summed E-state index contributed by atoms with van der Waals surface area (Å²) in [5.41, 5.74) is 2.28. The molecule has 2 nitrogen and oxygen atoms in total. The molecule has 0 heterocycles. The van der Waals surface area contributed by atoms with Gasteiger partial charge in [-0.1, -0.05) is 46.9 Å². The molecule has 2 aromatic carbocycles. The number of rotatable bonds is 7. The monoisotopic (exact) mass is 371 g/mol. The van der Waals surface area contributed by atoms with Gasteiger partial charge in [0.05, 0.1) is 16.1 Å². The lowest BCUT2D eigenvalue weighted by atomic mass is 10.1. The molecule has 0 saturated heterocycles. The number of ether oxygens (including phenoxy) is 1. The van der Waals surface area contributed by atoms with Gasteiger partial charge in [-0.05, 0) is 62.2 Å². The van der Waals surface area contributed by atoms with E-state index in [-0.39, 0.29) is 6.10 Å². The maximum Gasteiger partial charge on any atom is 0.156 e. The Morgan fingerprint density at radius 3 is 2.13 bits per heavy atom. The number of hydrogen-bond acceptors (Lipinski definition) is 2. The standard InChI is InChI=1S/C18H20Cl3NO/c1-12(2)23-18-16(20)9-14(10-17(18)21)11-22-8-7-13-3-5-15(19)6-4-13/h3-6,9-10,12,22H,7-8,11H2,1-2H3. The summed E-state index contributed by atoms with van der Waals surface area (Å²) in [7, 11) is 0. The van der Waals surface area contributed by atoms with Crippen molar-refractivity contribution in [2.24, 2.45) is 0 Å². The van der Waals surface area contributed by atoms with E-state index in [4.69, 9.17) is 39.5 Å². The van der Waals surface area contributed by atoms with Crippen molar-refractivity contribution >= 4 is 34.8 Å². The Balaban J connectivity index is 1.87. The quantitative estimate of drug-likeness (QED) is 0.623. The minimum absolute atomic E-state index is 0.0355. The van der Waals surface area contributed by atoms with Gasteiger partial charge in [-0.3, -0.25) is 0 Å². The molecule has 0 fully saturated rings. The van der Waals surface area contributed by atoms with Crippen molar-refractivity contribution in [3.8, 4) is 5.75 Å². The van der Waals surface area contributed by atoms with E-state index in [1.165, 1.54) is 5.56 Å². The lowest BCUT2D eigenvalue weighted by molar-refractivity contribution is 0.242. The fourth-order valence-electron chi connectivity index (χ4n) is 2.18. The van der Waals surface area contributed by atoms with Crippen LogP contribution in [0, 0.1) is 0 Å². The third kappa shape index (κ3) is 5.89. The average molecular weight is 373 g/mol. The van der Waals surface area contributed by atoms with Gasteiger partial charge in [-0.15, -0.1) is 0 Å². The lowest BCUT2D eigenvalue weighted by Crippen LogP contribution is -2.16. The van der Waals surface area contributed by atoms with E-state index < -0.39 is 0 Å². The van der Waals surface area contributed by atoms with Gasteiger partial charge in [-0.2, -0.15) is 0 Å². The van der Waals surface area contributed by atoms with Crippen molar-refractivity contribution in [1.29, 1.82) is 0 Å². The molecule has 0 radical (unpaired) electrons. The van der Waals surface area contributed by atoms with Crippen LogP contribution in [0.4, 0.5) is 0 Å². The Labute approximate surface area is 152 Å². The maximum atomic E-state index is 6.25. The highest BCUT2D eigenvalue weighted by Gasteiger charge is 2.11. The summed E-state index contributed by atoms with van der Waals surface area (Å²) in [4.78, 5) is 0. The lowest BCUT2D eigenvalue weighted by Gasteiger charge is -2.14. The molecule has 2 aromatic rings. The molecule has 0 aliphatic rings. The van der Waals surface area contributed by atoms with Gasteiger partial charge in [0.2, 0.25) is 0 Å². The van der Waals surface area contributed by atoms with Gasteiger partial charge >= 0.3 is 0 Å². The molecule has 1 N–H and O–H groups in total. The highest BCUT2D eigenvalue weighted by Crippen LogP contribution is 2.34. The summed E-state index contributed by atoms with van der Waals surface area (Å²) in [6.07, 6.45) is 0.973. The van der Waals surface area contributed by atoms with Crippen LogP contribution in [0.25, 0.3) is 0 Å². The van der Waals surface area contributed by atoms with Gasteiger partial charge in [0.15, 0.2) is 5.75 Å². The molecule has 0 amide bonds. The third-order valence-corrected chi connectivity index (χ3v) is 4.06. The Kier molecular flexibility index (Phi) is 7.04. The first-order chi connectivity index (χ1) is 11.0. The predicted molar refractivity (Wildman–Crippen MR) is 99.1 cm³/mol. The van der Waals surface area contributed by atoms with Crippen LogP contribution in [-0.2, 0) is 13.0 Å². The molecular weight excluding hydrogens is 353 g/mol. The van der Waals surface area contributed by atoms with Crippen LogP contribution in [0.3, 0.4) is 0 Å². The molecule has 23 heavy (non-hydrogen) atoms. The van der Waals surface area contributed by atoms with Crippen LogP contribution in [0.2, 0.25) is 15.1 Å². The van der Waals surface area contributed by atoms with Crippen molar-refractivity contribution in [3.05, 3.63) is 62.6 Å². The van der Waals surface area contributed by atoms with E-state index in [1.807, 2.05) is 50.2 Å². The van der Waals surface area contributed by atoms with Gasteiger partial charge in [0, 0.05) is 11.6 Å². The number of nitrogens with one attached hydrogen (secondary N) is 1. The highest BCUT2D eigenvalue weighted by atomic mass is 35.5. The second-order valence-corrected chi connectivity index (χ2v) is 6.86. The molecule has 2 rings (SSSR count). The normalized spacial score (nSPS) is 11.0. The first-order valence-electron chi connectivity index (χ1n) is 7.55. The van der Waals surface area contributed by atoms with E-state index in [0.29, 0.717) is 22.3 Å². The zero-order chi connectivity index (χ0) is 16.8. The zero-order valence-corrected chi connectivity index (χ0v) is 15.5. The Morgan fingerprint density at radius 2 is 1.57 bits per heavy atom. The van der Waals surface area contributed by atoms with Crippen LogP contribution < -0.4 is 10.1 Å². The zero-order valence-electron chi connectivity index (χ0n) is 13.2. The molecule has 0 aliphatic carbocycles. The third-order valence-electron chi connectivity index (χ3n) is 3.24. The predicted octanol–water partition coefficient (Wildman–Crippen LogP) is 5.77. The fraction of sp³-hybridized carbons (Fsp3) is 0.333. The van der Waals surface area contributed by atoms with Crippen LogP contribution in [0.15, 0.2) is 36.4 Å². The minimum atomic E-state index is 0.0355. The summed E-state index contributed by atoms with van der Waals surface area (Å²) >= 11 is 18.4. The van der Waals surface area contributed by atoms with E-state index in [2.05, 4.69) is 5.32 Å². The van der Waals surface area contributed by atoms with E-state index in [1.54, 1.807) is 0 Å². The molecular formula is C18H20Cl3NO. The van der Waals surface area contributed by atoms with Crippen molar-refractivity contribution in [1.82, 2.24) is 5.32 Å². The Bertz CT molecular complexity index is 618. The highest BCUT2D eigenvalue weighted by molar-refractivity contribution is 6.37. The summed E-state index contributed by atoms with van der Waals surface area (Å²) in [5, 5.41) is 5.23. The van der Waals surface area contributed by atoms with Crippen molar-refractivity contribution < 1.29 is 4.74 Å². The largest absolute Gasteiger partial charge is 0.488 e. The SMILES string of the molecule is CC(C)Oc1c(Cl)cc(CNCCc2ccc(Cl)cc2)cc1Cl. The summed E-state index contributed by atoms with van der Waals surface area (Å²) < 4.78 is 5.63. The van der Waals surface area contributed by atoms with E-state index in [9.17, 15) is 0 Å². The van der Waals surface area contributed by atoms with Crippen molar-refractivity contribution in [2.75, 3.05) is 6.54 Å². The molecule has 0 spiro atoms. The Hall–Kier alpha value is -0.930. The first-order valence-corrected chi connectivity index (χ1v) is 8.69. The van der Waals surface area contributed by atoms with Crippen molar-refractivity contribution in [2.45, 2.75) is 32.9 Å². The van der Waals surface area contributed by atoms with E-state index in [0.717, 1.165) is 23.6 Å². The van der Waals surface area contributed by atoms with Crippen LogP contribution in [0.5, 0.6) is 5.75 Å². The molecule has 0 atom stereocenters. The maximum absolute atomic E-state index is 6.25. The first kappa shape index (κ1) is 18.4. The molecule has 5 heteroatoms. The Morgan fingerprint density at radius 1 is 0.957 bits per heavy atom. The number of halogens is 3. The fourth-order valence-corrected chi connectivity index (χ4v) is 2.93. The molecule has 0 aliphatic heterocycles. The molecule has 0 saturated carbocycles. The van der Waals surface area contributed by atoms with Crippen LogP contribution >= 0.6 is 34.8 Å². The van der Waals surface area contributed by atoms with Crippen LogP contribution in [-0.4, -0.2) is 12.6 Å². The van der Waals surface area contributed by atoms with Crippen molar-refractivity contribution in [3.63, 3.8) is 0 Å². The summed E-state index contributed by atoms with van der Waals surface area (Å²) in [6.45, 7) is 5.45. The second-order valence-electron chi connectivity index (χ2n) is 5.61. The van der Waals surface area contributed by atoms with Gasteiger partial charge in [0.25, 0.3) is 0 Å². The summed E-state index contributed by atoms with van der Waals surface area (Å²) in [5.74, 6) is 0.549. The molecule has 0 bridgehead atoms. The topological polar surface area (TPSA) is 21.3 Å². The van der Waals surface area contributed by atoms with Gasteiger partial charge < -0.3 is 10.1 Å². The molecule has 124 valence electrons. The van der Waals surface area contributed by atoms with Gasteiger partial charge in [0.1, 0.15) is 0 Å². The van der Waals surface area contributed by atoms with Gasteiger partial charge in [-0.25, -0.2) is 0 Å². The second kappa shape index (κ2) is 8.79. The minimum Gasteiger partial charge on any atom is -0.488 e. The molecule has 0 unspecified atom stereocenters. The van der Waals surface area contributed by atoms with Crippen LogP contribution in [0.1, 0.15) is 25.0 Å². The average Bonchev–Trinajstić information content (AvgIpc) is 2.49. The smallest absolute Gasteiger partial charge is 0.156 e. The molecule has 0 aromatic heterocycles. The number of hydrogen-bond donors (Lipinski definition) is 1. The summed E-state index contributed by atoms with van der Waals surface area (Å²) in [6, 6.07) is 11.7.